The van der Waals surface area contributed by atoms with Crippen LogP contribution in [0.4, 0.5) is 4.39 Å². The Morgan fingerprint density at radius 1 is 1.12 bits per heavy atom. The topological polar surface area (TPSA) is 107 Å². The molecule has 1 atom stereocenters. The Morgan fingerprint density at radius 2 is 1.83 bits per heavy atom. The summed E-state index contributed by atoms with van der Waals surface area (Å²) in [7, 11) is 0. The van der Waals surface area contributed by atoms with Crippen LogP contribution in [0.2, 0.25) is 0 Å². The zero-order chi connectivity index (χ0) is 30.0. The van der Waals surface area contributed by atoms with E-state index in [4.69, 9.17) is 14.6 Å². The summed E-state index contributed by atoms with van der Waals surface area (Å²) in [5.74, 6) is -1.44. The molecule has 0 bridgehead atoms. The third kappa shape index (κ3) is 5.97. The highest BCUT2D eigenvalue weighted by Crippen LogP contribution is 2.31. The van der Waals surface area contributed by atoms with Crippen LogP contribution >= 0.6 is 27.3 Å². The SMILES string of the molecule is CCOC(=O)C1=C(C)N=c2s/c(=C/c3ccc(OCc4ccc(C(=O)O)cc4)c(Br)c3)c(=O)n2[C@@H]1c1ccc(F)cc1. The molecule has 1 aliphatic heterocycles. The maximum atomic E-state index is 13.7. The van der Waals surface area contributed by atoms with E-state index in [0.29, 0.717) is 30.8 Å². The van der Waals surface area contributed by atoms with Gasteiger partial charge in [-0.1, -0.05) is 41.7 Å². The van der Waals surface area contributed by atoms with E-state index in [2.05, 4.69) is 20.9 Å². The third-order valence-corrected chi connectivity index (χ3v) is 8.15. The highest BCUT2D eigenvalue weighted by molar-refractivity contribution is 9.10. The van der Waals surface area contributed by atoms with E-state index in [1.807, 2.05) is 6.07 Å². The van der Waals surface area contributed by atoms with Crippen LogP contribution in [0.1, 0.15) is 46.9 Å². The van der Waals surface area contributed by atoms with Gasteiger partial charge in [-0.05, 0) is 88.9 Å². The second kappa shape index (κ2) is 12.3. The van der Waals surface area contributed by atoms with Gasteiger partial charge in [0.05, 0.1) is 38.5 Å². The monoisotopic (exact) mass is 650 g/mol. The van der Waals surface area contributed by atoms with Crippen molar-refractivity contribution >= 4 is 45.3 Å². The molecular weight excluding hydrogens is 627 g/mol. The van der Waals surface area contributed by atoms with Crippen LogP contribution in [-0.4, -0.2) is 28.2 Å². The van der Waals surface area contributed by atoms with Crippen molar-refractivity contribution in [3.05, 3.63) is 130 Å². The number of aromatic nitrogens is 1. The van der Waals surface area contributed by atoms with Crippen LogP contribution in [0, 0.1) is 5.82 Å². The molecule has 0 fully saturated rings. The predicted octanol–water partition coefficient (Wildman–Crippen LogP) is 4.98. The number of carbonyl (C=O) groups excluding carboxylic acids is 1. The van der Waals surface area contributed by atoms with Gasteiger partial charge in [0.2, 0.25) is 0 Å². The Labute approximate surface area is 251 Å². The van der Waals surface area contributed by atoms with Gasteiger partial charge >= 0.3 is 11.9 Å². The first-order valence-electron chi connectivity index (χ1n) is 12.9. The first-order chi connectivity index (χ1) is 20.2. The lowest BCUT2D eigenvalue weighted by Crippen LogP contribution is -2.39. The van der Waals surface area contributed by atoms with Crippen LogP contribution in [0.5, 0.6) is 5.75 Å². The van der Waals surface area contributed by atoms with E-state index in [0.717, 1.165) is 11.1 Å². The van der Waals surface area contributed by atoms with Crippen LogP contribution in [-0.2, 0) is 16.1 Å². The molecule has 42 heavy (non-hydrogen) atoms. The Bertz CT molecular complexity index is 1900. The second-order valence-electron chi connectivity index (χ2n) is 9.33. The number of nitrogens with zero attached hydrogens (tertiary/aromatic N) is 2. The van der Waals surface area contributed by atoms with E-state index in [1.54, 1.807) is 56.3 Å². The van der Waals surface area contributed by atoms with Crippen molar-refractivity contribution in [2.75, 3.05) is 6.61 Å². The summed E-state index contributed by atoms with van der Waals surface area (Å²) >= 11 is 4.71. The molecule has 4 aromatic rings. The van der Waals surface area contributed by atoms with E-state index in [9.17, 15) is 18.8 Å². The molecular formula is C31H24BrFN2O6S. The molecule has 1 aromatic heterocycles. The maximum Gasteiger partial charge on any atom is 0.338 e. The molecule has 8 nitrogen and oxygen atoms in total. The van der Waals surface area contributed by atoms with Crippen LogP contribution in [0.25, 0.3) is 6.08 Å². The molecule has 0 unspecified atom stereocenters. The minimum Gasteiger partial charge on any atom is -0.488 e. The third-order valence-electron chi connectivity index (χ3n) is 6.55. The summed E-state index contributed by atoms with van der Waals surface area (Å²) in [4.78, 5) is 42.7. The van der Waals surface area contributed by atoms with Crippen molar-refractivity contribution < 1.29 is 28.6 Å². The number of esters is 1. The quantitative estimate of drug-likeness (QED) is 0.270. The minimum atomic E-state index is -0.992. The average Bonchev–Trinajstić information content (AvgIpc) is 3.26. The smallest absolute Gasteiger partial charge is 0.338 e. The fourth-order valence-corrected chi connectivity index (χ4v) is 6.09. The van der Waals surface area contributed by atoms with Crippen molar-refractivity contribution in [2.24, 2.45) is 4.99 Å². The molecule has 1 aliphatic rings. The van der Waals surface area contributed by atoms with Crippen LogP contribution in [0.15, 0.2) is 92.3 Å². The number of carbonyl (C=O) groups is 2. The van der Waals surface area contributed by atoms with Gasteiger partial charge in [-0.25, -0.2) is 19.0 Å². The molecule has 2 heterocycles. The first kappa shape index (κ1) is 29.2. The molecule has 0 spiro atoms. The Kier molecular flexibility index (Phi) is 8.51. The normalized spacial score (nSPS) is 14.8. The molecule has 0 saturated carbocycles. The molecule has 0 amide bonds. The van der Waals surface area contributed by atoms with Crippen molar-refractivity contribution in [2.45, 2.75) is 26.5 Å². The minimum absolute atomic E-state index is 0.155. The van der Waals surface area contributed by atoms with Gasteiger partial charge in [-0.3, -0.25) is 9.36 Å². The number of halogens is 2. The molecule has 3 aromatic carbocycles. The Morgan fingerprint density at radius 3 is 2.48 bits per heavy atom. The lowest BCUT2D eigenvalue weighted by atomic mass is 9.96. The summed E-state index contributed by atoms with van der Waals surface area (Å²) < 4.78 is 27.4. The lowest BCUT2D eigenvalue weighted by molar-refractivity contribution is -0.139. The predicted molar refractivity (Wildman–Crippen MR) is 159 cm³/mol. The molecule has 0 radical (unpaired) electrons. The molecule has 5 rings (SSSR count). The lowest BCUT2D eigenvalue weighted by Gasteiger charge is -2.24. The number of thiazole rings is 1. The molecule has 1 N–H and O–H groups in total. The van der Waals surface area contributed by atoms with E-state index >= 15 is 0 Å². The maximum absolute atomic E-state index is 13.7. The number of aromatic carboxylic acids is 1. The van der Waals surface area contributed by atoms with Gasteiger partial charge in [0.15, 0.2) is 4.80 Å². The van der Waals surface area contributed by atoms with Crippen LogP contribution in [0.3, 0.4) is 0 Å². The van der Waals surface area contributed by atoms with Crippen molar-refractivity contribution in [3.63, 3.8) is 0 Å². The fraction of sp³-hybridized carbons (Fsp3) is 0.161. The number of benzene rings is 3. The Balaban J connectivity index is 1.47. The average molecular weight is 652 g/mol. The van der Waals surface area contributed by atoms with Crippen molar-refractivity contribution in [3.8, 4) is 5.75 Å². The molecule has 0 saturated heterocycles. The number of fused-ring (bicyclic) bond motifs is 1. The largest absolute Gasteiger partial charge is 0.488 e. The number of ether oxygens (including phenoxy) is 2. The number of allylic oxidation sites excluding steroid dienone is 1. The van der Waals surface area contributed by atoms with Crippen molar-refractivity contribution in [1.29, 1.82) is 0 Å². The summed E-state index contributed by atoms with van der Waals surface area (Å²) in [6.45, 7) is 3.78. The standard InChI is InChI=1S/C31H24BrFN2O6S/c1-3-40-30(39)26-17(2)34-31-35(27(26)20-9-11-22(33)12-10-20)28(36)25(42-31)15-19-6-13-24(23(32)14-19)41-16-18-4-7-21(8-5-18)29(37)38/h4-15,27H,3,16H2,1-2H3,(H,37,38)/b25-15+/t27-/m1/s1. The van der Waals surface area contributed by atoms with Gasteiger partial charge in [-0.15, -0.1) is 0 Å². The first-order valence-corrected chi connectivity index (χ1v) is 14.5. The fourth-order valence-electron chi connectivity index (χ4n) is 4.53. The number of hydrogen-bond acceptors (Lipinski definition) is 7. The molecule has 0 aliphatic carbocycles. The van der Waals surface area contributed by atoms with Crippen LogP contribution < -0.4 is 19.6 Å². The summed E-state index contributed by atoms with van der Waals surface area (Å²) in [6, 6.07) is 16.7. The Hall–Kier alpha value is -4.35. The molecule has 214 valence electrons. The summed E-state index contributed by atoms with van der Waals surface area (Å²) in [5.41, 5.74) is 2.61. The van der Waals surface area contributed by atoms with E-state index in [-0.39, 0.29) is 29.9 Å². The van der Waals surface area contributed by atoms with Gasteiger partial charge in [0.1, 0.15) is 18.2 Å². The summed E-state index contributed by atoms with van der Waals surface area (Å²) in [6.07, 6.45) is 1.73. The number of hydrogen-bond donors (Lipinski definition) is 1. The number of rotatable bonds is 8. The van der Waals surface area contributed by atoms with E-state index in [1.165, 1.54) is 40.2 Å². The van der Waals surface area contributed by atoms with Gasteiger partial charge < -0.3 is 14.6 Å². The van der Waals surface area contributed by atoms with Crippen molar-refractivity contribution in [1.82, 2.24) is 4.57 Å². The van der Waals surface area contributed by atoms with Gasteiger partial charge in [0, 0.05) is 0 Å². The van der Waals surface area contributed by atoms with Gasteiger partial charge in [-0.2, -0.15) is 0 Å². The number of carboxylic acid groups (broad SMARTS) is 1. The zero-order valence-corrected chi connectivity index (χ0v) is 24.9. The van der Waals surface area contributed by atoms with Gasteiger partial charge in [0.25, 0.3) is 5.56 Å². The van der Waals surface area contributed by atoms with E-state index < -0.39 is 23.8 Å². The summed E-state index contributed by atoms with van der Waals surface area (Å²) in [5, 5.41) is 9.06. The molecule has 11 heteroatoms. The second-order valence-corrected chi connectivity index (χ2v) is 11.2. The highest BCUT2D eigenvalue weighted by Gasteiger charge is 2.33. The highest BCUT2D eigenvalue weighted by atomic mass is 79.9. The zero-order valence-electron chi connectivity index (χ0n) is 22.5. The number of carboxylic acids is 1.